The highest BCUT2D eigenvalue weighted by molar-refractivity contribution is 6.18. The number of aliphatic hydroxyl groups excluding tert-OH is 2. The number of esters is 2. The van der Waals surface area contributed by atoms with E-state index in [1.165, 1.54) is 0 Å². The molecule has 2 aliphatic carbocycles. The molecule has 0 bridgehead atoms. The molecule has 3 rings (SSSR count). The lowest BCUT2D eigenvalue weighted by atomic mass is 9.76. The minimum atomic E-state index is -1.67. The topological polar surface area (TPSA) is 113 Å². The number of hydrogen-bond donors (Lipinski definition) is 3. The molecule has 7 unspecified atom stereocenters. The summed E-state index contributed by atoms with van der Waals surface area (Å²) in [5.41, 5.74) is -1.01. The summed E-state index contributed by atoms with van der Waals surface area (Å²) in [6, 6.07) is 0. The second-order valence-electron chi connectivity index (χ2n) is 7.50. The van der Waals surface area contributed by atoms with Crippen molar-refractivity contribution in [1.29, 1.82) is 0 Å². The lowest BCUT2D eigenvalue weighted by Crippen LogP contribution is -2.52. The molecular weight excluding hydrogens is 376 g/mol. The molecule has 3 N–H and O–H groups in total. The first-order valence-corrected chi connectivity index (χ1v) is 9.22. The molecule has 0 aromatic carbocycles. The average molecular weight is 399 g/mol. The van der Waals surface area contributed by atoms with Gasteiger partial charge in [-0.05, 0) is 12.3 Å². The van der Waals surface area contributed by atoms with E-state index >= 15 is 0 Å². The Hall–Kier alpha value is -1.67. The van der Waals surface area contributed by atoms with Gasteiger partial charge >= 0.3 is 11.9 Å². The third-order valence-corrected chi connectivity index (χ3v) is 6.45. The van der Waals surface area contributed by atoms with E-state index < -0.39 is 54.3 Å². The van der Waals surface area contributed by atoms with Crippen LogP contribution in [0.3, 0.4) is 0 Å². The Morgan fingerprint density at radius 1 is 1.41 bits per heavy atom. The number of alkyl halides is 1. The van der Waals surface area contributed by atoms with Crippen LogP contribution in [-0.4, -0.2) is 63.7 Å². The SMILES string of the molecule is C=C(CO)C(=O)OC1CC(=C)C2CC(O)C(O)(CCl)C2C2OC(=O)C(=C)C12. The van der Waals surface area contributed by atoms with Crippen LogP contribution in [0.25, 0.3) is 0 Å². The van der Waals surface area contributed by atoms with Crippen LogP contribution in [0.5, 0.6) is 0 Å². The summed E-state index contributed by atoms with van der Waals surface area (Å²) in [4.78, 5) is 24.3. The van der Waals surface area contributed by atoms with Crippen molar-refractivity contribution in [3.05, 3.63) is 36.5 Å². The quantitative estimate of drug-likeness (QED) is 0.273. The van der Waals surface area contributed by atoms with Gasteiger partial charge in [0.2, 0.25) is 0 Å². The van der Waals surface area contributed by atoms with Gasteiger partial charge < -0.3 is 24.8 Å². The van der Waals surface area contributed by atoms with Crippen molar-refractivity contribution in [2.75, 3.05) is 12.5 Å². The molecule has 0 aromatic heterocycles. The standard InChI is InChI=1S/C19H23ClO7/c1-8-4-12(26-17(23)9(2)6-21)14-10(3)18(24)27-16(14)15-11(8)5-13(22)19(15,25)7-20/h11-16,21-22,25H,1-7H2. The van der Waals surface area contributed by atoms with E-state index in [2.05, 4.69) is 19.7 Å². The molecule has 1 saturated heterocycles. The van der Waals surface area contributed by atoms with Crippen LogP contribution in [0.15, 0.2) is 36.5 Å². The number of ether oxygens (including phenoxy) is 2. The first-order chi connectivity index (χ1) is 12.7. The molecule has 3 aliphatic rings. The van der Waals surface area contributed by atoms with Crippen molar-refractivity contribution in [2.24, 2.45) is 17.8 Å². The van der Waals surface area contributed by atoms with Crippen molar-refractivity contribution < 1.29 is 34.4 Å². The highest BCUT2D eigenvalue weighted by atomic mass is 35.5. The van der Waals surface area contributed by atoms with Gasteiger partial charge in [-0.2, -0.15) is 0 Å². The fraction of sp³-hybridized carbons (Fsp3) is 0.579. The smallest absolute Gasteiger partial charge is 0.336 e. The van der Waals surface area contributed by atoms with Crippen molar-refractivity contribution >= 4 is 23.5 Å². The second-order valence-corrected chi connectivity index (χ2v) is 7.76. The van der Waals surface area contributed by atoms with Crippen LogP contribution in [0.4, 0.5) is 0 Å². The minimum absolute atomic E-state index is 0.120. The molecule has 7 atom stereocenters. The van der Waals surface area contributed by atoms with Crippen LogP contribution in [0, 0.1) is 17.8 Å². The van der Waals surface area contributed by atoms with E-state index in [9.17, 15) is 19.8 Å². The number of aliphatic hydroxyl groups is 3. The van der Waals surface area contributed by atoms with E-state index in [1.807, 2.05) is 0 Å². The van der Waals surface area contributed by atoms with Gasteiger partial charge in [-0.15, -0.1) is 11.6 Å². The van der Waals surface area contributed by atoms with Crippen molar-refractivity contribution in [2.45, 2.75) is 36.8 Å². The van der Waals surface area contributed by atoms with Crippen LogP contribution >= 0.6 is 11.6 Å². The zero-order chi connectivity index (χ0) is 20.1. The van der Waals surface area contributed by atoms with Gasteiger partial charge in [0.05, 0.1) is 30.1 Å². The highest BCUT2D eigenvalue weighted by Crippen LogP contribution is 2.55. The van der Waals surface area contributed by atoms with Gasteiger partial charge in [0.25, 0.3) is 0 Å². The lowest BCUT2D eigenvalue weighted by Gasteiger charge is -2.37. The fourth-order valence-electron chi connectivity index (χ4n) is 4.55. The second kappa shape index (κ2) is 7.05. The maximum absolute atomic E-state index is 12.2. The van der Waals surface area contributed by atoms with Gasteiger partial charge in [0.1, 0.15) is 17.8 Å². The third-order valence-electron chi connectivity index (χ3n) is 6.02. The monoisotopic (exact) mass is 398 g/mol. The van der Waals surface area contributed by atoms with Crippen LogP contribution in [-0.2, 0) is 19.1 Å². The molecule has 0 radical (unpaired) electrons. The van der Waals surface area contributed by atoms with Crippen LogP contribution in [0.2, 0.25) is 0 Å². The Kier molecular flexibility index (Phi) is 5.24. The highest BCUT2D eigenvalue weighted by Gasteiger charge is 2.64. The molecular formula is C19H23ClO7. The molecule has 148 valence electrons. The number of hydrogen-bond acceptors (Lipinski definition) is 7. The Balaban J connectivity index is 2.01. The molecule has 8 heteroatoms. The van der Waals surface area contributed by atoms with Crippen LogP contribution in [0.1, 0.15) is 12.8 Å². The molecule has 3 fully saturated rings. The van der Waals surface area contributed by atoms with E-state index in [1.54, 1.807) is 0 Å². The van der Waals surface area contributed by atoms with E-state index in [4.69, 9.17) is 26.2 Å². The van der Waals surface area contributed by atoms with Gasteiger partial charge in [-0.25, -0.2) is 9.59 Å². The summed E-state index contributed by atoms with van der Waals surface area (Å²) >= 11 is 5.98. The lowest BCUT2D eigenvalue weighted by molar-refractivity contribution is -0.155. The van der Waals surface area contributed by atoms with E-state index in [-0.39, 0.29) is 35.8 Å². The summed E-state index contributed by atoms with van der Waals surface area (Å²) < 4.78 is 11.0. The summed E-state index contributed by atoms with van der Waals surface area (Å²) in [5, 5.41) is 30.5. The number of halogens is 1. The Morgan fingerprint density at radius 3 is 2.67 bits per heavy atom. The molecule has 0 amide bonds. The van der Waals surface area contributed by atoms with Gasteiger partial charge in [-0.1, -0.05) is 25.3 Å². The van der Waals surface area contributed by atoms with Crippen molar-refractivity contribution in [3.63, 3.8) is 0 Å². The first kappa shape index (κ1) is 20.1. The molecule has 0 spiro atoms. The molecule has 1 aliphatic heterocycles. The molecule has 1 heterocycles. The first-order valence-electron chi connectivity index (χ1n) is 8.69. The van der Waals surface area contributed by atoms with Crippen molar-refractivity contribution in [3.8, 4) is 0 Å². The molecule has 2 saturated carbocycles. The largest absolute Gasteiger partial charge is 0.458 e. The zero-order valence-corrected chi connectivity index (χ0v) is 15.5. The molecule has 27 heavy (non-hydrogen) atoms. The maximum Gasteiger partial charge on any atom is 0.336 e. The third kappa shape index (κ3) is 3.02. The van der Waals surface area contributed by atoms with Gasteiger partial charge in [0, 0.05) is 17.9 Å². The normalized spacial score (nSPS) is 40.8. The van der Waals surface area contributed by atoms with Crippen molar-refractivity contribution in [1.82, 2.24) is 0 Å². The number of rotatable bonds is 4. The Morgan fingerprint density at radius 2 is 2.07 bits per heavy atom. The molecule has 0 aromatic rings. The van der Waals surface area contributed by atoms with Crippen LogP contribution < -0.4 is 0 Å². The average Bonchev–Trinajstić information content (AvgIpc) is 3.03. The maximum atomic E-state index is 12.2. The summed E-state index contributed by atoms with van der Waals surface area (Å²) in [6.07, 6.45) is -2.37. The predicted octanol–water partition coefficient (Wildman–Crippen LogP) is 0.471. The Bertz CT molecular complexity index is 717. The van der Waals surface area contributed by atoms with Gasteiger partial charge in [0.15, 0.2) is 0 Å². The van der Waals surface area contributed by atoms with E-state index in [0.717, 1.165) is 0 Å². The summed E-state index contributed by atoms with van der Waals surface area (Å²) in [7, 11) is 0. The molecule has 7 nitrogen and oxygen atoms in total. The minimum Gasteiger partial charge on any atom is -0.458 e. The predicted molar refractivity (Wildman–Crippen MR) is 95.6 cm³/mol. The number of carbonyl (C=O) groups is 2. The fourth-order valence-corrected chi connectivity index (χ4v) is 4.91. The summed E-state index contributed by atoms with van der Waals surface area (Å²) in [5.74, 6) is -3.46. The number of carbonyl (C=O) groups excluding carboxylic acids is 2. The van der Waals surface area contributed by atoms with Gasteiger partial charge in [-0.3, -0.25) is 0 Å². The zero-order valence-electron chi connectivity index (χ0n) is 14.8. The summed E-state index contributed by atoms with van der Waals surface area (Å²) in [6.45, 7) is 10.7. The number of fused-ring (bicyclic) bond motifs is 3. The Labute approximate surface area is 161 Å². The van der Waals surface area contributed by atoms with E-state index in [0.29, 0.717) is 5.57 Å².